The van der Waals surface area contributed by atoms with Crippen LogP contribution in [0.5, 0.6) is 0 Å². The van der Waals surface area contributed by atoms with Gasteiger partial charge in [-0.3, -0.25) is 0 Å². The molecule has 0 unspecified atom stereocenters. The molecule has 0 aliphatic carbocycles. The number of aromatic carboxylic acids is 1. The Morgan fingerprint density at radius 2 is 1.95 bits per heavy atom. The number of halogens is 2. The second kappa shape index (κ2) is 4.70. The first-order valence-electron chi connectivity index (χ1n) is 5.99. The van der Waals surface area contributed by atoms with Crippen LogP contribution < -0.4 is 0 Å². The fraction of sp³-hybridized carbons (Fsp3) is 0.286. The summed E-state index contributed by atoms with van der Waals surface area (Å²) in [5, 5.41) is 9.18. The highest BCUT2D eigenvalue weighted by molar-refractivity contribution is 5.93. The predicted molar refractivity (Wildman–Crippen MR) is 69.6 cm³/mol. The van der Waals surface area contributed by atoms with Crippen molar-refractivity contribution in [3.05, 3.63) is 41.4 Å². The smallest absolute Gasteiger partial charge is 0.354 e. The van der Waals surface area contributed by atoms with Gasteiger partial charge in [0.15, 0.2) is 5.69 Å². The zero-order valence-corrected chi connectivity index (χ0v) is 11.3. The summed E-state index contributed by atoms with van der Waals surface area (Å²) in [4.78, 5) is 18.1. The number of aromatic nitrogens is 2. The standard InChI is InChI=1S/C14H14F2N2O2/c1-14(2,3)13-17-10(11(18-13)12(19)20)8-5-4-7(15)6-9(8)16/h4-6H,1-3H3,(H,17,18)(H,19,20). The molecular weight excluding hydrogens is 266 g/mol. The van der Waals surface area contributed by atoms with Crippen LogP contribution in [0.25, 0.3) is 11.3 Å². The van der Waals surface area contributed by atoms with Gasteiger partial charge in [0.2, 0.25) is 0 Å². The van der Waals surface area contributed by atoms with Crippen molar-refractivity contribution in [2.75, 3.05) is 0 Å². The highest BCUT2D eigenvalue weighted by atomic mass is 19.1. The molecule has 2 rings (SSSR count). The zero-order valence-electron chi connectivity index (χ0n) is 11.3. The van der Waals surface area contributed by atoms with Crippen molar-refractivity contribution in [3.8, 4) is 11.3 Å². The molecule has 0 saturated carbocycles. The van der Waals surface area contributed by atoms with E-state index in [4.69, 9.17) is 0 Å². The molecular formula is C14H14F2N2O2. The summed E-state index contributed by atoms with van der Waals surface area (Å²) in [5.41, 5.74) is -0.699. The topological polar surface area (TPSA) is 66.0 Å². The van der Waals surface area contributed by atoms with Crippen LogP contribution in [0.1, 0.15) is 37.1 Å². The maximum absolute atomic E-state index is 13.8. The number of aromatic amines is 1. The van der Waals surface area contributed by atoms with E-state index < -0.39 is 23.0 Å². The Morgan fingerprint density at radius 1 is 1.30 bits per heavy atom. The SMILES string of the molecule is CC(C)(C)c1nc(-c2ccc(F)cc2F)c(C(=O)O)[nH]1. The molecule has 0 spiro atoms. The number of imidazole rings is 1. The van der Waals surface area contributed by atoms with Gasteiger partial charge in [0, 0.05) is 17.0 Å². The van der Waals surface area contributed by atoms with Crippen molar-refractivity contribution in [3.63, 3.8) is 0 Å². The third kappa shape index (κ3) is 2.54. The van der Waals surface area contributed by atoms with E-state index in [2.05, 4.69) is 9.97 Å². The summed E-state index contributed by atoms with van der Waals surface area (Å²) >= 11 is 0. The fourth-order valence-electron chi connectivity index (χ4n) is 1.76. The van der Waals surface area contributed by atoms with Crippen LogP contribution in [0.2, 0.25) is 0 Å². The quantitative estimate of drug-likeness (QED) is 0.886. The van der Waals surface area contributed by atoms with Gasteiger partial charge >= 0.3 is 5.97 Å². The number of carbonyl (C=O) groups is 1. The molecule has 0 aliphatic heterocycles. The van der Waals surface area contributed by atoms with Gasteiger partial charge in [-0.2, -0.15) is 0 Å². The molecule has 2 N–H and O–H groups in total. The Morgan fingerprint density at radius 3 is 2.45 bits per heavy atom. The Labute approximate surface area is 114 Å². The summed E-state index contributed by atoms with van der Waals surface area (Å²) < 4.78 is 26.7. The number of H-pyrrole nitrogens is 1. The number of hydrogen-bond acceptors (Lipinski definition) is 2. The second-order valence-electron chi connectivity index (χ2n) is 5.49. The first-order chi connectivity index (χ1) is 9.20. The summed E-state index contributed by atoms with van der Waals surface area (Å²) in [6.07, 6.45) is 0. The molecule has 0 amide bonds. The van der Waals surface area contributed by atoms with Crippen LogP contribution in [0.15, 0.2) is 18.2 Å². The van der Waals surface area contributed by atoms with E-state index in [0.717, 1.165) is 6.07 Å². The summed E-state index contributed by atoms with van der Waals surface area (Å²) in [5.74, 6) is -2.39. The molecule has 0 bridgehead atoms. The maximum atomic E-state index is 13.8. The Kier molecular flexibility index (Phi) is 3.33. The average Bonchev–Trinajstić information content (AvgIpc) is 2.73. The van der Waals surface area contributed by atoms with E-state index in [1.807, 2.05) is 20.8 Å². The van der Waals surface area contributed by atoms with Gasteiger partial charge in [-0.25, -0.2) is 18.6 Å². The lowest BCUT2D eigenvalue weighted by Crippen LogP contribution is -2.13. The van der Waals surface area contributed by atoms with E-state index >= 15 is 0 Å². The van der Waals surface area contributed by atoms with Crippen molar-refractivity contribution in [1.82, 2.24) is 9.97 Å². The number of nitrogens with zero attached hydrogens (tertiary/aromatic N) is 1. The monoisotopic (exact) mass is 280 g/mol. The highest BCUT2D eigenvalue weighted by Gasteiger charge is 2.25. The van der Waals surface area contributed by atoms with Gasteiger partial charge in [0.25, 0.3) is 0 Å². The van der Waals surface area contributed by atoms with E-state index in [9.17, 15) is 18.7 Å². The number of hydrogen-bond donors (Lipinski definition) is 2. The number of carboxylic acid groups (broad SMARTS) is 1. The van der Waals surface area contributed by atoms with Crippen LogP contribution in [-0.2, 0) is 5.41 Å². The van der Waals surface area contributed by atoms with Gasteiger partial charge in [-0.15, -0.1) is 0 Å². The fourth-order valence-corrected chi connectivity index (χ4v) is 1.76. The molecule has 0 radical (unpaired) electrons. The Bertz CT molecular complexity index is 672. The molecule has 4 nitrogen and oxygen atoms in total. The number of carboxylic acids is 1. The molecule has 0 aliphatic rings. The molecule has 1 aromatic carbocycles. The van der Waals surface area contributed by atoms with Gasteiger partial charge in [0.1, 0.15) is 23.2 Å². The minimum Gasteiger partial charge on any atom is -0.477 e. The highest BCUT2D eigenvalue weighted by Crippen LogP contribution is 2.29. The van der Waals surface area contributed by atoms with Crippen molar-refractivity contribution >= 4 is 5.97 Å². The van der Waals surface area contributed by atoms with Crippen LogP contribution in [0.3, 0.4) is 0 Å². The lowest BCUT2D eigenvalue weighted by molar-refractivity contribution is 0.0692. The summed E-state index contributed by atoms with van der Waals surface area (Å²) in [7, 11) is 0. The van der Waals surface area contributed by atoms with Crippen molar-refractivity contribution in [1.29, 1.82) is 0 Å². The molecule has 6 heteroatoms. The molecule has 1 aromatic heterocycles. The maximum Gasteiger partial charge on any atom is 0.354 e. The summed E-state index contributed by atoms with van der Waals surface area (Å²) in [6, 6.07) is 2.95. The number of benzene rings is 1. The molecule has 0 fully saturated rings. The lowest BCUT2D eigenvalue weighted by atomic mass is 9.96. The van der Waals surface area contributed by atoms with E-state index in [1.54, 1.807) is 0 Å². The lowest BCUT2D eigenvalue weighted by Gasteiger charge is -2.13. The third-order valence-electron chi connectivity index (χ3n) is 2.81. The second-order valence-corrected chi connectivity index (χ2v) is 5.49. The van der Waals surface area contributed by atoms with E-state index in [0.29, 0.717) is 11.9 Å². The van der Waals surface area contributed by atoms with Crippen LogP contribution in [0.4, 0.5) is 8.78 Å². The van der Waals surface area contributed by atoms with Crippen LogP contribution >= 0.6 is 0 Å². The molecule has 2 aromatic rings. The molecule has 20 heavy (non-hydrogen) atoms. The molecule has 106 valence electrons. The van der Waals surface area contributed by atoms with Crippen LogP contribution in [-0.4, -0.2) is 21.0 Å². The van der Waals surface area contributed by atoms with Gasteiger partial charge in [-0.1, -0.05) is 20.8 Å². The minimum absolute atomic E-state index is 0.0278. The summed E-state index contributed by atoms with van der Waals surface area (Å²) in [6.45, 7) is 5.55. The van der Waals surface area contributed by atoms with Crippen molar-refractivity contribution in [2.24, 2.45) is 0 Å². The first kappa shape index (κ1) is 14.2. The average molecular weight is 280 g/mol. The van der Waals surface area contributed by atoms with Crippen molar-refractivity contribution in [2.45, 2.75) is 26.2 Å². The first-order valence-corrected chi connectivity index (χ1v) is 5.99. The van der Waals surface area contributed by atoms with Gasteiger partial charge < -0.3 is 10.1 Å². The van der Waals surface area contributed by atoms with Gasteiger partial charge in [0.05, 0.1) is 0 Å². The minimum atomic E-state index is -1.24. The van der Waals surface area contributed by atoms with Crippen LogP contribution in [0, 0.1) is 11.6 Å². The van der Waals surface area contributed by atoms with Gasteiger partial charge in [-0.05, 0) is 12.1 Å². The number of nitrogens with one attached hydrogen (secondary N) is 1. The Balaban J connectivity index is 2.66. The van der Waals surface area contributed by atoms with E-state index in [-0.39, 0.29) is 17.0 Å². The van der Waals surface area contributed by atoms with E-state index in [1.165, 1.54) is 6.07 Å². The molecule has 0 atom stereocenters. The molecule has 1 heterocycles. The third-order valence-corrected chi connectivity index (χ3v) is 2.81. The largest absolute Gasteiger partial charge is 0.477 e. The zero-order chi connectivity index (χ0) is 15.1. The normalized spacial score (nSPS) is 11.7. The Hall–Kier alpha value is -2.24. The predicted octanol–water partition coefficient (Wildman–Crippen LogP) is 3.35. The number of rotatable bonds is 2. The van der Waals surface area contributed by atoms with Crippen molar-refractivity contribution < 1.29 is 18.7 Å². The molecule has 0 saturated heterocycles.